The Morgan fingerprint density at radius 3 is 2.62 bits per heavy atom. The normalized spacial score (nSPS) is 19.0. The smallest absolute Gasteiger partial charge is 0.269 e. The molecule has 2 aromatic heterocycles. The molecule has 21 heavy (non-hydrogen) atoms. The molecule has 0 aliphatic heterocycles. The molecule has 2 N–H and O–H groups in total. The molecule has 0 spiro atoms. The van der Waals surface area contributed by atoms with Gasteiger partial charge in [0.1, 0.15) is 9.88 Å². The van der Waals surface area contributed by atoms with Crippen LogP contribution in [0.5, 0.6) is 0 Å². The third-order valence-corrected chi connectivity index (χ3v) is 5.52. The van der Waals surface area contributed by atoms with Crippen LogP contribution in [0.2, 0.25) is 0 Å². The summed E-state index contributed by atoms with van der Waals surface area (Å²) in [6, 6.07) is 0. The number of nitrogens with zero attached hydrogens (tertiary/aromatic N) is 3. The fourth-order valence-corrected chi connectivity index (χ4v) is 3.75. The second kappa shape index (κ2) is 5.50. The molecular formula is C15H22N4OS. The van der Waals surface area contributed by atoms with Crippen molar-refractivity contribution >= 4 is 11.3 Å². The Labute approximate surface area is 129 Å². The minimum absolute atomic E-state index is 0.428. The fourth-order valence-electron chi connectivity index (χ4n) is 2.89. The van der Waals surface area contributed by atoms with E-state index >= 15 is 0 Å². The molecule has 3 rings (SSSR count). The summed E-state index contributed by atoms with van der Waals surface area (Å²) >= 11 is 1.54. The molecule has 1 saturated carbocycles. The lowest BCUT2D eigenvalue weighted by molar-refractivity contribution is 0.218. The van der Waals surface area contributed by atoms with Crippen LogP contribution in [0.3, 0.4) is 0 Å². The highest BCUT2D eigenvalue weighted by atomic mass is 32.1. The van der Waals surface area contributed by atoms with Crippen molar-refractivity contribution in [3.8, 4) is 10.8 Å². The number of aryl methyl sites for hydroxylation is 1. The molecule has 6 heteroatoms. The monoisotopic (exact) mass is 306 g/mol. The van der Waals surface area contributed by atoms with Gasteiger partial charge in [0.25, 0.3) is 5.89 Å². The molecule has 1 aliphatic carbocycles. The van der Waals surface area contributed by atoms with Gasteiger partial charge in [-0.2, -0.15) is 4.98 Å². The molecule has 0 atom stereocenters. The van der Waals surface area contributed by atoms with Crippen LogP contribution in [0.25, 0.3) is 10.8 Å². The van der Waals surface area contributed by atoms with Crippen molar-refractivity contribution in [3.63, 3.8) is 0 Å². The summed E-state index contributed by atoms with van der Waals surface area (Å²) in [5.74, 6) is 1.87. The van der Waals surface area contributed by atoms with E-state index in [-0.39, 0.29) is 0 Å². The average Bonchev–Trinajstić information content (AvgIpc) is 3.05. The molecule has 0 radical (unpaired) electrons. The second-order valence-corrected chi connectivity index (χ2v) is 7.71. The lowest BCUT2D eigenvalue weighted by Crippen LogP contribution is -2.20. The van der Waals surface area contributed by atoms with Gasteiger partial charge in [0, 0.05) is 12.5 Å². The Bertz CT molecular complexity index is 621. The minimum atomic E-state index is 0.428. The number of rotatable bonds is 3. The molecule has 1 aliphatic rings. The van der Waals surface area contributed by atoms with Crippen LogP contribution < -0.4 is 5.73 Å². The van der Waals surface area contributed by atoms with Crippen LogP contribution in [0.4, 0.5) is 0 Å². The highest BCUT2D eigenvalue weighted by molar-refractivity contribution is 7.15. The Balaban J connectivity index is 1.79. The van der Waals surface area contributed by atoms with Crippen LogP contribution in [-0.4, -0.2) is 15.1 Å². The van der Waals surface area contributed by atoms with Gasteiger partial charge in [-0.25, -0.2) is 4.98 Å². The molecule has 2 heterocycles. The quantitative estimate of drug-likeness (QED) is 0.936. The largest absolute Gasteiger partial charge is 0.333 e. The SMILES string of the molecule is Cc1nc(CN)sc1-c1nc(C2CCC(C)(C)CC2)no1. The zero-order valence-electron chi connectivity index (χ0n) is 12.8. The van der Waals surface area contributed by atoms with E-state index in [1.165, 1.54) is 24.2 Å². The zero-order valence-corrected chi connectivity index (χ0v) is 13.7. The summed E-state index contributed by atoms with van der Waals surface area (Å²) in [6.07, 6.45) is 4.72. The molecule has 5 nitrogen and oxygen atoms in total. The summed E-state index contributed by atoms with van der Waals surface area (Å²) in [4.78, 5) is 9.97. The maximum Gasteiger partial charge on any atom is 0.269 e. The predicted molar refractivity (Wildman–Crippen MR) is 83.0 cm³/mol. The van der Waals surface area contributed by atoms with Crippen molar-refractivity contribution in [2.75, 3.05) is 0 Å². The standard InChI is InChI=1S/C15H22N4OS/c1-9-12(21-11(8-16)17-9)14-18-13(19-20-14)10-4-6-15(2,3)7-5-10/h10H,4-8,16H2,1-3H3. The summed E-state index contributed by atoms with van der Waals surface area (Å²) < 4.78 is 5.46. The van der Waals surface area contributed by atoms with Crippen molar-refractivity contribution in [3.05, 3.63) is 16.5 Å². The van der Waals surface area contributed by atoms with Gasteiger partial charge in [-0.05, 0) is 38.0 Å². The van der Waals surface area contributed by atoms with Gasteiger partial charge >= 0.3 is 0 Å². The Kier molecular flexibility index (Phi) is 3.84. The number of aromatic nitrogens is 3. The highest BCUT2D eigenvalue weighted by Gasteiger charge is 2.30. The fraction of sp³-hybridized carbons (Fsp3) is 0.667. The van der Waals surface area contributed by atoms with E-state index in [2.05, 4.69) is 29.0 Å². The first-order valence-corrected chi connectivity index (χ1v) is 8.30. The van der Waals surface area contributed by atoms with Gasteiger partial charge in [-0.15, -0.1) is 11.3 Å². The van der Waals surface area contributed by atoms with Crippen molar-refractivity contribution in [1.29, 1.82) is 0 Å². The molecule has 0 bridgehead atoms. The molecule has 1 fully saturated rings. The van der Waals surface area contributed by atoms with Gasteiger partial charge < -0.3 is 10.3 Å². The molecule has 0 saturated heterocycles. The third kappa shape index (κ3) is 3.01. The van der Waals surface area contributed by atoms with Crippen LogP contribution >= 0.6 is 11.3 Å². The number of hydrogen-bond donors (Lipinski definition) is 1. The van der Waals surface area contributed by atoms with Crippen LogP contribution in [0.15, 0.2) is 4.52 Å². The average molecular weight is 306 g/mol. The van der Waals surface area contributed by atoms with Gasteiger partial charge in [0.05, 0.1) is 5.69 Å². The third-order valence-electron chi connectivity index (χ3n) is 4.36. The predicted octanol–water partition coefficient (Wildman–Crippen LogP) is 3.64. The van der Waals surface area contributed by atoms with Gasteiger partial charge in [-0.1, -0.05) is 19.0 Å². The number of nitrogens with two attached hydrogens (primary N) is 1. The summed E-state index contributed by atoms with van der Waals surface area (Å²) in [7, 11) is 0. The highest BCUT2D eigenvalue weighted by Crippen LogP contribution is 2.42. The first-order chi connectivity index (χ1) is 9.98. The van der Waals surface area contributed by atoms with E-state index in [4.69, 9.17) is 10.3 Å². The maximum absolute atomic E-state index is 5.64. The van der Waals surface area contributed by atoms with E-state index in [9.17, 15) is 0 Å². The van der Waals surface area contributed by atoms with Crippen molar-refractivity contribution in [2.24, 2.45) is 11.1 Å². The lowest BCUT2D eigenvalue weighted by atomic mass is 9.73. The Hall–Kier alpha value is -1.27. The van der Waals surface area contributed by atoms with E-state index in [0.717, 1.165) is 34.2 Å². The molecule has 2 aromatic rings. The van der Waals surface area contributed by atoms with E-state index < -0.39 is 0 Å². The first-order valence-electron chi connectivity index (χ1n) is 7.49. The second-order valence-electron chi connectivity index (χ2n) is 6.62. The molecular weight excluding hydrogens is 284 g/mol. The van der Waals surface area contributed by atoms with Crippen molar-refractivity contribution < 1.29 is 4.52 Å². The number of hydrogen-bond acceptors (Lipinski definition) is 6. The molecule has 114 valence electrons. The Morgan fingerprint density at radius 1 is 1.29 bits per heavy atom. The lowest BCUT2D eigenvalue weighted by Gasteiger charge is -2.32. The summed E-state index contributed by atoms with van der Waals surface area (Å²) in [6.45, 7) is 7.07. The van der Waals surface area contributed by atoms with Gasteiger partial charge in [0.2, 0.25) is 0 Å². The summed E-state index contributed by atoms with van der Waals surface area (Å²) in [5, 5.41) is 5.11. The zero-order chi connectivity index (χ0) is 15.0. The van der Waals surface area contributed by atoms with Gasteiger partial charge in [0.15, 0.2) is 5.82 Å². The molecule has 0 unspecified atom stereocenters. The topological polar surface area (TPSA) is 77.8 Å². The van der Waals surface area contributed by atoms with Crippen molar-refractivity contribution in [2.45, 2.75) is 58.9 Å². The first kappa shape index (κ1) is 14.7. The van der Waals surface area contributed by atoms with Gasteiger partial charge in [-0.3, -0.25) is 0 Å². The van der Waals surface area contributed by atoms with E-state index in [1.807, 2.05) is 6.92 Å². The Morgan fingerprint density at radius 2 is 2.00 bits per heavy atom. The van der Waals surface area contributed by atoms with E-state index in [1.54, 1.807) is 0 Å². The van der Waals surface area contributed by atoms with Crippen molar-refractivity contribution in [1.82, 2.24) is 15.1 Å². The number of thiazole rings is 1. The molecule has 0 amide bonds. The minimum Gasteiger partial charge on any atom is -0.333 e. The van der Waals surface area contributed by atoms with Crippen LogP contribution in [0, 0.1) is 12.3 Å². The van der Waals surface area contributed by atoms with Crippen LogP contribution in [0.1, 0.15) is 62.0 Å². The summed E-state index contributed by atoms with van der Waals surface area (Å²) in [5.41, 5.74) is 7.01. The van der Waals surface area contributed by atoms with E-state index in [0.29, 0.717) is 23.8 Å². The maximum atomic E-state index is 5.64. The van der Waals surface area contributed by atoms with Crippen LogP contribution in [-0.2, 0) is 6.54 Å². The molecule has 0 aromatic carbocycles.